The van der Waals surface area contributed by atoms with Crippen LogP contribution in [0.2, 0.25) is 0 Å². The molecule has 5 rings (SSSR count). The van der Waals surface area contributed by atoms with Crippen LogP contribution in [0.25, 0.3) is 22.3 Å². The van der Waals surface area contributed by atoms with Gasteiger partial charge in [-0.3, -0.25) is 9.59 Å². The molecular formula is C26H23N7O3. The summed E-state index contributed by atoms with van der Waals surface area (Å²) in [5.74, 6) is -0.381. The van der Waals surface area contributed by atoms with Crippen LogP contribution in [0.4, 0.5) is 5.69 Å². The van der Waals surface area contributed by atoms with Crippen molar-refractivity contribution in [3.05, 3.63) is 100 Å². The van der Waals surface area contributed by atoms with Crippen molar-refractivity contribution in [3.63, 3.8) is 0 Å². The summed E-state index contributed by atoms with van der Waals surface area (Å²) in [6, 6.07) is 15.9. The van der Waals surface area contributed by atoms with E-state index in [0.717, 1.165) is 11.1 Å². The Morgan fingerprint density at radius 1 is 0.972 bits per heavy atom. The number of anilines is 1. The lowest BCUT2D eigenvalue weighted by molar-refractivity contribution is 0.0995. The van der Waals surface area contributed by atoms with E-state index >= 15 is 0 Å². The summed E-state index contributed by atoms with van der Waals surface area (Å²) in [7, 11) is 1.62. The van der Waals surface area contributed by atoms with Crippen molar-refractivity contribution < 1.29 is 9.59 Å². The Morgan fingerprint density at radius 3 is 2.39 bits per heavy atom. The Balaban J connectivity index is 1.49. The lowest BCUT2D eigenvalue weighted by atomic mass is 10.1. The highest BCUT2D eigenvalue weighted by Gasteiger charge is 2.17. The smallest absolute Gasteiger partial charge is 0.350 e. The van der Waals surface area contributed by atoms with Gasteiger partial charge >= 0.3 is 5.69 Å². The number of benzene rings is 2. The molecule has 180 valence electrons. The van der Waals surface area contributed by atoms with Crippen molar-refractivity contribution in [2.24, 2.45) is 12.8 Å². The summed E-state index contributed by atoms with van der Waals surface area (Å²) in [5.41, 5.74) is 9.93. The minimum atomic E-state index is -0.576. The molecule has 0 unspecified atom stereocenters. The third-order valence-electron chi connectivity index (χ3n) is 5.87. The van der Waals surface area contributed by atoms with Gasteiger partial charge in [-0.2, -0.15) is 5.10 Å². The number of fused-ring (bicyclic) bond motifs is 1. The fraction of sp³-hybridized carbons (Fsp3) is 0.115. The van der Waals surface area contributed by atoms with Crippen molar-refractivity contribution in [3.8, 4) is 16.8 Å². The molecule has 0 radical (unpaired) electrons. The van der Waals surface area contributed by atoms with E-state index in [-0.39, 0.29) is 11.4 Å². The van der Waals surface area contributed by atoms with Crippen molar-refractivity contribution >= 4 is 23.0 Å². The van der Waals surface area contributed by atoms with Crippen LogP contribution in [-0.2, 0) is 7.05 Å². The second-order valence-corrected chi connectivity index (χ2v) is 8.49. The van der Waals surface area contributed by atoms with E-state index in [4.69, 9.17) is 5.73 Å². The molecule has 0 aliphatic carbocycles. The number of nitrogens with one attached hydrogen (secondary N) is 1. The Labute approximate surface area is 205 Å². The maximum Gasteiger partial charge on any atom is 0.350 e. The number of aryl methyl sites for hydroxylation is 3. The first-order valence-corrected chi connectivity index (χ1v) is 11.2. The van der Waals surface area contributed by atoms with E-state index in [2.05, 4.69) is 15.4 Å². The summed E-state index contributed by atoms with van der Waals surface area (Å²) < 4.78 is 4.70. The van der Waals surface area contributed by atoms with E-state index in [0.29, 0.717) is 34.0 Å². The SMILES string of the molecule is Cc1cn2cc(-c3ccc(-n4c(C)nn(C)c4=O)cc3)cc2c(C(=O)Nc2cccc(C(N)=O)c2)n1. The van der Waals surface area contributed by atoms with Gasteiger partial charge in [-0.15, -0.1) is 0 Å². The first-order chi connectivity index (χ1) is 17.2. The number of carbonyl (C=O) groups is 2. The van der Waals surface area contributed by atoms with Crippen molar-refractivity contribution in [2.75, 3.05) is 5.32 Å². The summed E-state index contributed by atoms with van der Waals surface area (Å²) in [6.45, 7) is 3.59. The number of rotatable bonds is 5. The predicted octanol–water partition coefficient (Wildman–Crippen LogP) is 2.85. The Morgan fingerprint density at radius 2 is 1.72 bits per heavy atom. The Bertz CT molecular complexity index is 1710. The van der Waals surface area contributed by atoms with Crippen LogP contribution in [0, 0.1) is 13.8 Å². The molecule has 2 aromatic carbocycles. The molecule has 10 nitrogen and oxygen atoms in total. The van der Waals surface area contributed by atoms with E-state index < -0.39 is 11.8 Å². The topological polar surface area (TPSA) is 129 Å². The highest BCUT2D eigenvalue weighted by molar-refractivity contribution is 6.08. The number of nitrogens with zero attached hydrogens (tertiary/aromatic N) is 5. The number of nitrogens with two attached hydrogens (primary N) is 1. The monoisotopic (exact) mass is 481 g/mol. The second kappa shape index (κ2) is 8.66. The number of primary amides is 1. The number of aromatic nitrogens is 5. The van der Waals surface area contributed by atoms with E-state index in [1.807, 2.05) is 54.0 Å². The van der Waals surface area contributed by atoms with E-state index in [9.17, 15) is 14.4 Å². The summed E-state index contributed by atoms with van der Waals surface area (Å²) in [6.07, 6.45) is 3.77. The van der Waals surface area contributed by atoms with Crippen molar-refractivity contribution in [1.82, 2.24) is 23.7 Å². The lowest BCUT2D eigenvalue weighted by Gasteiger charge is -2.08. The predicted molar refractivity (Wildman–Crippen MR) is 135 cm³/mol. The Kier molecular flexibility index (Phi) is 5.48. The van der Waals surface area contributed by atoms with Gasteiger partial charge in [-0.25, -0.2) is 19.0 Å². The zero-order valence-electron chi connectivity index (χ0n) is 19.9. The van der Waals surface area contributed by atoms with Gasteiger partial charge in [0.1, 0.15) is 5.82 Å². The van der Waals surface area contributed by atoms with Gasteiger partial charge in [-0.1, -0.05) is 18.2 Å². The highest BCUT2D eigenvalue weighted by Crippen LogP contribution is 2.26. The zero-order chi connectivity index (χ0) is 25.6. The van der Waals surface area contributed by atoms with Crippen LogP contribution in [0.3, 0.4) is 0 Å². The zero-order valence-corrected chi connectivity index (χ0v) is 19.9. The molecule has 0 spiro atoms. The summed E-state index contributed by atoms with van der Waals surface area (Å²) >= 11 is 0. The average molecular weight is 482 g/mol. The molecule has 0 saturated heterocycles. The molecule has 5 aromatic rings. The van der Waals surface area contributed by atoms with E-state index in [1.54, 1.807) is 36.7 Å². The van der Waals surface area contributed by atoms with Crippen molar-refractivity contribution in [2.45, 2.75) is 13.8 Å². The molecule has 3 N–H and O–H groups in total. The largest absolute Gasteiger partial charge is 0.366 e. The van der Waals surface area contributed by atoms with Gasteiger partial charge in [0, 0.05) is 36.3 Å². The molecule has 0 atom stereocenters. The number of amides is 2. The molecule has 0 bridgehead atoms. The minimum Gasteiger partial charge on any atom is -0.366 e. The fourth-order valence-corrected chi connectivity index (χ4v) is 4.19. The van der Waals surface area contributed by atoms with Gasteiger partial charge in [-0.05, 0) is 55.8 Å². The van der Waals surface area contributed by atoms with E-state index in [1.165, 1.54) is 10.7 Å². The molecule has 0 aliphatic heterocycles. The molecule has 0 saturated carbocycles. The molecule has 3 heterocycles. The van der Waals surface area contributed by atoms with Crippen LogP contribution in [0.1, 0.15) is 32.4 Å². The number of carbonyl (C=O) groups excluding carboxylic acids is 2. The maximum atomic E-state index is 13.1. The molecule has 10 heteroatoms. The van der Waals surface area contributed by atoms with Gasteiger partial charge in [0.05, 0.1) is 16.9 Å². The molecular weight excluding hydrogens is 458 g/mol. The molecule has 2 amide bonds. The molecule has 0 aliphatic rings. The molecule has 3 aromatic heterocycles. The average Bonchev–Trinajstić information content (AvgIpc) is 3.38. The molecule has 0 fully saturated rings. The standard InChI is InChI=1S/C26H23N7O3/c1-15-13-32-14-19(17-7-9-21(10-8-17)33-16(2)30-31(3)26(33)36)12-22(32)23(28-15)25(35)29-20-6-4-5-18(11-20)24(27)34/h4-14H,1-3H3,(H2,27,34)(H,29,35). The quantitative estimate of drug-likeness (QED) is 0.399. The van der Waals surface area contributed by atoms with Gasteiger partial charge in [0.2, 0.25) is 5.91 Å². The Hall–Kier alpha value is -4.99. The summed E-state index contributed by atoms with van der Waals surface area (Å²) in [4.78, 5) is 41.4. The first kappa shape index (κ1) is 22.8. The first-order valence-electron chi connectivity index (χ1n) is 11.2. The van der Waals surface area contributed by atoms with Crippen LogP contribution < -0.4 is 16.7 Å². The van der Waals surface area contributed by atoms with Crippen LogP contribution in [-0.4, -0.2) is 35.5 Å². The summed E-state index contributed by atoms with van der Waals surface area (Å²) in [5, 5.41) is 6.97. The van der Waals surface area contributed by atoms with Gasteiger partial charge in [0.25, 0.3) is 5.91 Å². The van der Waals surface area contributed by atoms with Crippen molar-refractivity contribution in [1.29, 1.82) is 0 Å². The van der Waals surface area contributed by atoms with Crippen LogP contribution in [0.15, 0.2) is 71.8 Å². The normalized spacial score (nSPS) is 11.1. The number of hydrogen-bond acceptors (Lipinski definition) is 5. The third-order valence-corrected chi connectivity index (χ3v) is 5.87. The highest BCUT2D eigenvalue weighted by atomic mass is 16.2. The lowest BCUT2D eigenvalue weighted by Crippen LogP contribution is -2.21. The van der Waals surface area contributed by atoms with Crippen LogP contribution >= 0.6 is 0 Å². The second-order valence-electron chi connectivity index (χ2n) is 8.49. The third kappa shape index (κ3) is 4.05. The number of hydrogen-bond donors (Lipinski definition) is 2. The van der Waals surface area contributed by atoms with Gasteiger partial charge in [0.15, 0.2) is 5.69 Å². The van der Waals surface area contributed by atoms with Crippen LogP contribution in [0.5, 0.6) is 0 Å². The van der Waals surface area contributed by atoms with Gasteiger partial charge < -0.3 is 15.5 Å². The minimum absolute atomic E-state index is 0.214. The fourth-order valence-electron chi connectivity index (χ4n) is 4.19. The maximum absolute atomic E-state index is 13.1. The molecule has 36 heavy (non-hydrogen) atoms.